The highest BCUT2D eigenvalue weighted by Crippen LogP contribution is 2.27. The minimum absolute atomic E-state index is 0.158. The standard InChI is InChI=1S/C19H14N4O3S/c1-11-2-4-13(9-21-11)15-10-27-19(22-15)23-18(26)14(8-20)6-12-3-5-16(24)17(25)7-12/h2-7,9-10,24-25H,1H3,(H,22,23,26)/b14-6+. The minimum atomic E-state index is -0.618. The van der Waals surface area contributed by atoms with Crippen LogP contribution in [0.1, 0.15) is 11.3 Å². The van der Waals surface area contributed by atoms with Gasteiger partial charge in [0.15, 0.2) is 16.6 Å². The Morgan fingerprint density at radius 2 is 2.07 bits per heavy atom. The molecule has 0 aliphatic heterocycles. The van der Waals surface area contributed by atoms with Gasteiger partial charge < -0.3 is 10.2 Å². The molecule has 27 heavy (non-hydrogen) atoms. The van der Waals surface area contributed by atoms with Crippen LogP contribution in [0.15, 0.2) is 47.5 Å². The third kappa shape index (κ3) is 4.29. The lowest BCUT2D eigenvalue weighted by Gasteiger charge is -2.02. The van der Waals surface area contributed by atoms with E-state index in [4.69, 9.17) is 0 Å². The van der Waals surface area contributed by atoms with Crippen molar-refractivity contribution in [2.45, 2.75) is 6.92 Å². The first-order valence-electron chi connectivity index (χ1n) is 7.80. The molecule has 0 unspecified atom stereocenters. The quantitative estimate of drug-likeness (QED) is 0.363. The second-order valence-corrected chi connectivity index (χ2v) is 6.46. The van der Waals surface area contributed by atoms with E-state index < -0.39 is 5.91 Å². The van der Waals surface area contributed by atoms with E-state index >= 15 is 0 Å². The molecule has 0 radical (unpaired) electrons. The molecule has 1 aromatic carbocycles. The molecule has 134 valence electrons. The lowest BCUT2D eigenvalue weighted by atomic mass is 10.1. The van der Waals surface area contributed by atoms with Gasteiger partial charge in [0, 0.05) is 22.8 Å². The molecule has 1 amide bonds. The van der Waals surface area contributed by atoms with E-state index in [1.807, 2.05) is 25.1 Å². The molecule has 0 spiro atoms. The van der Waals surface area contributed by atoms with Crippen molar-refractivity contribution in [3.8, 4) is 28.8 Å². The summed E-state index contributed by atoms with van der Waals surface area (Å²) in [6.45, 7) is 1.89. The van der Waals surface area contributed by atoms with Crippen LogP contribution in [0, 0.1) is 18.3 Å². The van der Waals surface area contributed by atoms with E-state index in [1.54, 1.807) is 11.6 Å². The predicted octanol–water partition coefficient (Wildman–Crippen LogP) is 3.47. The van der Waals surface area contributed by atoms with Gasteiger partial charge in [-0.1, -0.05) is 6.07 Å². The van der Waals surface area contributed by atoms with Crippen molar-refractivity contribution in [2.75, 3.05) is 5.32 Å². The molecule has 0 saturated carbocycles. The second-order valence-electron chi connectivity index (χ2n) is 5.60. The van der Waals surface area contributed by atoms with Crippen molar-refractivity contribution < 1.29 is 15.0 Å². The molecule has 8 heteroatoms. The molecule has 0 bridgehead atoms. The highest BCUT2D eigenvalue weighted by atomic mass is 32.1. The Morgan fingerprint density at radius 3 is 2.74 bits per heavy atom. The first-order chi connectivity index (χ1) is 13.0. The molecule has 3 N–H and O–H groups in total. The van der Waals surface area contributed by atoms with E-state index in [0.29, 0.717) is 16.4 Å². The molecule has 0 saturated heterocycles. The number of aryl methyl sites for hydroxylation is 1. The lowest BCUT2D eigenvalue weighted by molar-refractivity contribution is -0.112. The van der Waals surface area contributed by atoms with Gasteiger partial charge in [-0.25, -0.2) is 4.98 Å². The van der Waals surface area contributed by atoms with E-state index in [-0.39, 0.29) is 17.1 Å². The van der Waals surface area contributed by atoms with Gasteiger partial charge in [-0.3, -0.25) is 15.1 Å². The maximum atomic E-state index is 12.3. The van der Waals surface area contributed by atoms with Crippen LogP contribution in [-0.4, -0.2) is 26.1 Å². The smallest absolute Gasteiger partial charge is 0.268 e. The number of aromatic nitrogens is 2. The summed E-state index contributed by atoms with van der Waals surface area (Å²) in [6.07, 6.45) is 3.01. The highest BCUT2D eigenvalue weighted by molar-refractivity contribution is 7.14. The minimum Gasteiger partial charge on any atom is -0.504 e. The number of amides is 1. The maximum Gasteiger partial charge on any atom is 0.268 e. The number of thiazole rings is 1. The van der Waals surface area contributed by atoms with Crippen LogP contribution in [-0.2, 0) is 4.79 Å². The van der Waals surface area contributed by atoms with Crippen LogP contribution in [0.3, 0.4) is 0 Å². The van der Waals surface area contributed by atoms with Gasteiger partial charge in [0.25, 0.3) is 5.91 Å². The highest BCUT2D eigenvalue weighted by Gasteiger charge is 2.13. The Hall–Kier alpha value is -3.70. The van der Waals surface area contributed by atoms with Gasteiger partial charge in [0.05, 0.1) is 5.69 Å². The number of anilines is 1. The van der Waals surface area contributed by atoms with E-state index in [0.717, 1.165) is 11.3 Å². The Labute approximate surface area is 158 Å². The zero-order valence-corrected chi connectivity index (χ0v) is 15.0. The third-order valence-electron chi connectivity index (χ3n) is 3.61. The zero-order chi connectivity index (χ0) is 19.4. The van der Waals surface area contributed by atoms with Crippen molar-refractivity contribution in [2.24, 2.45) is 0 Å². The molecular weight excluding hydrogens is 364 g/mol. The van der Waals surface area contributed by atoms with Gasteiger partial charge >= 0.3 is 0 Å². The van der Waals surface area contributed by atoms with Crippen LogP contribution >= 0.6 is 11.3 Å². The lowest BCUT2D eigenvalue weighted by Crippen LogP contribution is -2.13. The van der Waals surface area contributed by atoms with Crippen LogP contribution in [0.25, 0.3) is 17.3 Å². The van der Waals surface area contributed by atoms with Crippen molar-refractivity contribution in [3.63, 3.8) is 0 Å². The predicted molar refractivity (Wildman–Crippen MR) is 102 cm³/mol. The van der Waals surface area contributed by atoms with Crippen LogP contribution in [0.2, 0.25) is 0 Å². The summed E-state index contributed by atoms with van der Waals surface area (Å²) < 4.78 is 0. The number of aromatic hydroxyl groups is 2. The van der Waals surface area contributed by atoms with Gasteiger partial charge in [-0.2, -0.15) is 5.26 Å². The number of hydrogen-bond donors (Lipinski definition) is 3. The summed E-state index contributed by atoms with van der Waals surface area (Å²) >= 11 is 1.23. The SMILES string of the molecule is Cc1ccc(-c2csc(NC(=O)/C(C#N)=C/c3ccc(O)c(O)c3)n2)cn1. The maximum absolute atomic E-state index is 12.3. The molecule has 0 aliphatic rings. The summed E-state index contributed by atoms with van der Waals surface area (Å²) in [5, 5.41) is 32.8. The fourth-order valence-electron chi connectivity index (χ4n) is 2.19. The second kappa shape index (κ2) is 7.68. The number of rotatable bonds is 4. The Morgan fingerprint density at radius 1 is 1.26 bits per heavy atom. The molecular formula is C19H14N4O3S. The number of nitriles is 1. The van der Waals surface area contributed by atoms with Crippen molar-refractivity contribution in [3.05, 3.63) is 58.7 Å². The molecule has 2 aromatic heterocycles. The average molecular weight is 378 g/mol. The number of nitrogens with one attached hydrogen (secondary N) is 1. The van der Waals surface area contributed by atoms with Gasteiger partial charge in [-0.05, 0) is 42.8 Å². The number of carbonyl (C=O) groups is 1. The average Bonchev–Trinajstić information content (AvgIpc) is 3.11. The van der Waals surface area contributed by atoms with Crippen LogP contribution in [0.5, 0.6) is 11.5 Å². The largest absolute Gasteiger partial charge is 0.504 e. The van der Waals surface area contributed by atoms with Gasteiger partial charge in [0.1, 0.15) is 11.6 Å². The number of hydrogen-bond acceptors (Lipinski definition) is 7. The number of nitrogens with zero attached hydrogens (tertiary/aromatic N) is 3. The molecule has 7 nitrogen and oxygen atoms in total. The summed E-state index contributed by atoms with van der Waals surface area (Å²) in [4.78, 5) is 20.9. The Kier molecular flexibility index (Phi) is 5.15. The van der Waals surface area contributed by atoms with Gasteiger partial charge in [0.2, 0.25) is 0 Å². The number of benzene rings is 1. The molecule has 3 rings (SSSR count). The first kappa shape index (κ1) is 18.1. The van der Waals surface area contributed by atoms with Crippen molar-refractivity contribution >= 4 is 28.5 Å². The summed E-state index contributed by atoms with van der Waals surface area (Å²) in [5.74, 6) is -1.23. The fourth-order valence-corrected chi connectivity index (χ4v) is 2.91. The van der Waals surface area contributed by atoms with Crippen molar-refractivity contribution in [1.29, 1.82) is 5.26 Å². The number of phenolic OH excluding ortho intramolecular Hbond substituents is 2. The summed E-state index contributed by atoms with van der Waals surface area (Å²) in [5.41, 5.74) is 2.64. The van der Waals surface area contributed by atoms with E-state index in [2.05, 4.69) is 15.3 Å². The van der Waals surface area contributed by atoms with E-state index in [1.165, 1.54) is 35.6 Å². The zero-order valence-electron chi connectivity index (χ0n) is 14.2. The third-order valence-corrected chi connectivity index (χ3v) is 4.37. The Balaban J connectivity index is 1.77. The fraction of sp³-hybridized carbons (Fsp3) is 0.0526. The monoisotopic (exact) mass is 378 g/mol. The summed E-state index contributed by atoms with van der Waals surface area (Å²) in [7, 11) is 0. The topological polar surface area (TPSA) is 119 Å². The van der Waals surface area contributed by atoms with Crippen LogP contribution < -0.4 is 5.32 Å². The molecule has 0 aliphatic carbocycles. The molecule has 3 aromatic rings. The normalized spacial score (nSPS) is 11.0. The number of carbonyl (C=O) groups excluding carboxylic acids is 1. The Bertz CT molecular complexity index is 1070. The van der Waals surface area contributed by atoms with E-state index in [9.17, 15) is 20.3 Å². The van der Waals surface area contributed by atoms with Crippen LogP contribution in [0.4, 0.5) is 5.13 Å². The van der Waals surface area contributed by atoms with Gasteiger partial charge in [-0.15, -0.1) is 11.3 Å². The molecule has 0 fully saturated rings. The number of phenols is 2. The molecule has 2 heterocycles. The van der Waals surface area contributed by atoms with Crippen molar-refractivity contribution in [1.82, 2.24) is 9.97 Å². The number of pyridine rings is 1. The summed E-state index contributed by atoms with van der Waals surface area (Å²) in [6, 6.07) is 9.59. The molecule has 0 atom stereocenters. The first-order valence-corrected chi connectivity index (χ1v) is 8.68.